The second-order valence-corrected chi connectivity index (χ2v) is 25.8. The number of rotatable bonds is 8. The van der Waals surface area contributed by atoms with Gasteiger partial charge in [0.1, 0.15) is 0 Å². The lowest BCUT2D eigenvalue weighted by molar-refractivity contribution is 0.490. The predicted octanol–water partition coefficient (Wildman–Crippen LogP) is 10.7. The SMILES string of the molecule is CCC1(CC)c2ccccc2-c2ccc(-c3cccc(-c4nc(-c5ccc([Si](C)(C)C)cc5)nc(-c5ccc([Si](C)(C)C)cc5)n4)c3)cc21. The first kappa shape index (κ1) is 33.1. The Balaban J connectivity index is 1.33. The molecule has 6 aromatic rings. The third-order valence-electron chi connectivity index (χ3n) is 10.6. The van der Waals surface area contributed by atoms with E-state index in [4.69, 9.17) is 15.0 Å². The highest BCUT2D eigenvalue weighted by atomic mass is 28.3. The number of hydrogen-bond acceptors (Lipinski definition) is 3. The molecular formula is C44H47N3Si2. The summed E-state index contributed by atoms with van der Waals surface area (Å²) in [6, 6.07) is 42.5. The van der Waals surface area contributed by atoms with Crippen molar-refractivity contribution in [3.63, 3.8) is 0 Å². The molecule has 0 radical (unpaired) electrons. The smallest absolute Gasteiger partial charge is 0.164 e. The number of nitrogens with zero attached hydrogens (tertiary/aromatic N) is 3. The topological polar surface area (TPSA) is 38.7 Å². The van der Waals surface area contributed by atoms with E-state index in [1.807, 2.05) is 0 Å². The van der Waals surface area contributed by atoms with E-state index in [2.05, 4.69) is 168 Å². The molecule has 1 aromatic heterocycles. The highest BCUT2D eigenvalue weighted by molar-refractivity contribution is 6.89. The van der Waals surface area contributed by atoms with Gasteiger partial charge in [-0.2, -0.15) is 0 Å². The average Bonchev–Trinajstić information content (AvgIpc) is 3.40. The summed E-state index contributed by atoms with van der Waals surface area (Å²) in [5.41, 5.74) is 11.1. The number of aromatic nitrogens is 3. The summed E-state index contributed by atoms with van der Waals surface area (Å²) >= 11 is 0. The summed E-state index contributed by atoms with van der Waals surface area (Å²) in [7, 11) is -2.87. The molecule has 49 heavy (non-hydrogen) atoms. The van der Waals surface area contributed by atoms with Gasteiger partial charge < -0.3 is 0 Å². The van der Waals surface area contributed by atoms with Gasteiger partial charge in [-0.3, -0.25) is 0 Å². The first-order valence-corrected chi connectivity index (χ1v) is 24.7. The van der Waals surface area contributed by atoms with Gasteiger partial charge in [-0.05, 0) is 58.4 Å². The molecule has 0 bridgehead atoms. The van der Waals surface area contributed by atoms with Gasteiger partial charge in [0.25, 0.3) is 0 Å². The fourth-order valence-electron chi connectivity index (χ4n) is 7.49. The molecule has 5 heteroatoms. The van der Waals surface area contributed by atoms with Crippen LogP contribution in [0.1, 0.15) is 37.8 Å². The quantitative estimate of drug-likeness (QED) is 0.151. The van der Waals surface area contributed by atoms with Crippen molar-refractivity contribution < 1.29 is 0 Å². The fraction of sp³-hybridized carbons (Fsp3) is 0.250. The lowest BCUT2D eigenvalue weighted by Gasteiger charge is -2.30. The average molecular weight is 674 g/mol. The van der Waals surface area contributed by atoms with Crippen LogP contribution in [-0.4, -0.2) is 31.1 Å². The van der Waals surface area contributed by atoms with Crippen molar-refractivity contribution in [2.24, 2.45) is 0 Å². The molecule has 246 valence electrons. The maximum absolute atomic E-state index is 5.11. The summed E-state index contributed by atoms with van der Waals surface area (Å²) in [5.74, 6) is 2.09. The lowest BCUT2D eigenvalue weighted by atomic mass is 9.73. The number of hydrogen-bond donors (Lipinski definition) is 0. The summed E-state index contributed by atoms with van der Waals surface area (Å²) < 4.78 is 0. The molecule has 0 atom stereocenters. The summed E-state index contributed by atoms with van der Waals surface area (Å²) in [6.07, 6.45) is 2.15. The van der Waals surface area contributed by atoms with Crippen molar-refractivity contribution in [2.75, 3.05) is 0 Å². The lowest BCUT2D eigenvalue weighted by Crippen LogP contribution is -2.37. The first-order valence-electron chi connectivity index (χ1n) is 17.7. The van der Waals surface area contributed by atoms with Gasteiger partial charge >= 0.3 is 0 Å². The van der Waals surface area contributed by atoms with Gasteiger partial charge in [0.15, 0.2) is 17.5 Å². The third-order valence-corrected chi connectivity index (χ3v) is 14.7. The molecule has 0 fully saturated rings. The van der Waals surface area contributed by atoms with Gasteiger partial charge in [-0.1, -0.05) is 167 Å². The van der Waals surface area contributed by atoms with Crippen LogP contribution in [0.4, 0.5) is 0 Å². The maximum atomic E-state index is 5.11. The zero-order valence-corrected chi connectivity index (χ0v) is 32.2. The van der Waals surface area contributed by atoms with Gasteiger partial charge in [-0.15, -0.1) is 0 Å². The summed E-state index contributed by atoms with van der Waals surface area (Å²) in [5, 5.41) is 2.85. The van der Waals surface area contributed by atoms with Crippen LogP contribution < -0.4 is 10.4 Å². The predicted molar refractivity (Wildman–Crippen MR) is 214 cm³/mol. The second-order valence-electron chi connectivity index (χ2n) is 15.6. The molecule has 0 unspecified atom stereocenters. The largest absolute Gasteiger partial charge is 0.208 e. The van der Waals surface area contributed by atoms with Crippen molar-refractivity contribution in [2.45, 2.75) is 71.4 Å². The van der Waals surface area contributed by atoms with Crippen molar-refractivity contribution in [1.82, 2.24) is 15.0 Å². The molecule has 0 saturated carbocycles. The Kier molecular flexibility index (Phi) is 8.40. The zero-order valence-electron chi connectivity index (χ0n) is 30.2. The molecule has 0 aliphatic heterocycles. The van der Waals surface area contributed by atoms with Crippen LogP contribution in [0.3, 0.4) is 0 Å². The molecule has 1 aliphatic carbocycles. The van der Waals surface area contributed by atoms with Crippen molar-refractivity contribution in [3.8, 4) is 56.4 Å². The number of fused-ring (bicyclic) bond motifs is 3. The standard InChI is InChI=1S/C44H47N3Si2/c1-9-44(10-2)39-17-12-11-16-37(39)38-27-22-33(29-40(38)44)32-14-13-15-34(28-32)43-46-41(30-18-23-35(24-19-30)48(3,4)5)45-42(47-43)31-20-25-36(26-21-31)49(6,7)8/h11-29H,9-10H2,1-8H3. The minimum atomic E-state index is -1.43. The van der Waals surface area contributed by atoms with Crippen LogP contribution in [0.15, 0.2) is 115 Å². The molecule has 0 N–H and O–H groups in total. The molecule has 7 rings (SSSR count). The van der Waals surface area contributed by atoms with Crippen LogP contribution in [0.2, 0.25) is 39.3 Å². The maximum Gasteiger partial charge on any atom is 0.164 e. The van der Waals surface area contributed by atoms with Gasteiger partial charge in [0.05, 0.1) is 16.1 Å². The van der Waals surface area contributed by atoms with E-state index < -0.39 is 16.1 Å². The van der Waals surface area contributed by atoms with E-state index in [1.165, 1.54) is 43.8 Å². The number of benzene rings is 5. The van der Waals surface area contributed by atoms with E-state index in [-0.39, 0.29) is 5.41 Å². The highest BCUT2D eigenvalue weighted by Crippen LogP contribution is 2.53. The van der Waals surface area contributed by atoms with Crippen LogP contribution in [-0.2, 0) is 5.41 Å². The Hall–Kier alpha value is -4.46. The van der Waals surface area contributed by atoms with Gasteiger partial charge in [0.2, 0.25) is 0 Å². The molecule has 0 amide bonds. The van der Waals surface area contributed by atoms with E-state index in [1.54, 1.807) is 0 Å². The summed E-state index contributed by atoms with van der Waals surface area (Å²) in [6.45, 7) is 18.9. The second kappa shape index (κ2) is 12.5. The molecule has 1 aliphatic rings. The Morgan fingerprint density at radius 3 is 1.41 bits per heavy atom. The van der Waals surface area contributed by atoms with Crippen molar-refractivity contribution in [3.05, 3.63) is 126 Å². The Bertz CT molecular complexity index is 2070. The minimum Gasteiger partial charge on any atom is -0.208 e. The van der Waals surface area contributed by atoms with E-state index in [0.29, 0.717) is 17.5 Å². The molecule has 5 aromatic carbocycles. The van der Waals surface area contributed by atoms with Gasteiger partial charge in [-0.25, -0.2) is 15.0 Å². The van der Waals surface area contributed by atoms with E-state index in [0.717, 1.165) is 29.5 Å². The monoisotopic (exact) mass is 673 g/mol. The van der Waals surface area contributed by atoms with Crippen LogP contribution in [0.25, 0.3) is 56.4 Å². The Labute approximate surface area is 294 Å². The normalized spacial score (nSPS) is 13.6. The first-order chi connectivity index (χ1) is 23.4. The van der Waals surface area contributed by atoms with Crippen molar-refractivity contribution in [1.29, 1.82) is 0 Å². The zero-order chi connectivity index (χ0) is 34.6. The fourth-order valence-corrected chi connectivity index (χ4v) is 9.82. The van der Waals surface area contributed by atoms with Crippen LogP contribution >= 0.6 is 0 Å². The molecule has 0 saturated heterocycles. The third kappa shape index (κ3) is 6.04. The summed E-state index contributed by atoms with van der Waals surface area (Å²) in [4.78, 5) is 15.3. The van der Waals surface area contributed by atoms with Gasteiger partial charge in [0, 0.05) is 22.1 Å². The van der Waals surface area contributed by atoms with Crippen molar-refractivity contribution >= 4 is 26.5 Å². The van der Waals surface area contributed by atoms with E-state index >= 15 is 0 Å². The minimum absolute atomic E-state index is 0.0353. The Morgan fingerprint density at radius 1 is 0.429 bits per heavy atom. The molecule has 1 heterocycles. The molecule has 3 nitrogen and oxygen atoms in total. The van der Waals surface area contributed by atoms with Crippen LogP contribution in [0, 0.1) is 0 Å². The Morgan fingerprint density at radius 2 is 0.878 bits per heavy atom. The van der Waals surface area contributed by atoms with Crippen LogP contribution in [0.5, 0.6) is 0 Å². The highest BCUT2D eigenvalue weighted by Gasteiger charge is 2.40. The van der Waals surface area contributed by atoms with E-state index in [9.17, 15) is 0 Å². The molecule has 0 spiro atoms. The molecular weight excluding hydrogens is 627 g/mol.